The van der Waals surface area contributed by atoms with Crippen molar-refractivity contribution >= 4 is 5.97 Å². The maximum Gasteiger partial charge on any atom is 0.305 e. The summed E-state index contributed by atoms with van der Waals surface area (Å²) >= 11 is 0. The topological polar surface area (TPSA) is 105 Å². The summed E-state index contributed by atoms with van der Waals surface area (Å²) in [5.74, 6) is 5.17. The van der Waals surface area contributed by atoms with Crippen molar-refractivity contribution in [1.82, 2.24) is 0 Å². The summed E-state index contributed by atoms with van der Waals surface area (Å²) in [6.07, 6.45) is 30.6. The van der Waals surface area contributed by atoms with Crippen molar-refractivity contribution in [1.29, 1.82) is 0 Å². The zero-order valence-corrected chi connectivity index (χ0v) is 40.6. The van der Waals surface area contributed by atoms with Gasteiger partial charge in [-0.3, -0.25) is 4.79 Å². The van der Waals surface area contributed by atoms with E-state index >= 15 is 0 Å². The number of esters is 1. The minimum absolute atomic E-state index is 0.139. The lowest BCUT2D eigenvalue weighted by atomic mass is 9.47. The highest BCUT2D eigenvalue weighted by molar-refractivity contribution is 5.69. The molecule has 14 unspecified atom stereocenters. The fourth-order valence-corrected chi connectivity index (χ4v) is 13.4. The van der Waals surface area contributed by atoms with Crippen molar-refractivity contribution in [3.63, 3.8) is 0 Å². The van der Waals surface area contributed by atoms with Gasteiger partial charge in [-0.2, -0.15) is 0 Å². The number of carbonyl (C=O) groups is 1. The number of ether oxygens (including phenoxy) is 3. The Balaban J connectivity index is 0.980. The SMILES string of the molecule is CCCCCCCCCCCCCCCCCCCC(=O)OCC1OC(OC2CCC3(C)C(=CCC4C3CCC3(C)C(C(C)CCC(C)C(C)C)CCC43)C2)C(O)C(O)C1O. The summed E-state index contributed by atoms with van der Waals surface area (Å²) in [6.45, 7) is 17.0. The number of fused-ring (bicyclic) bond motifs is 5. The van der Waals surface area contributed by atoms with Crippen molar-refractivity contribution in [2.45, 2.75) is 265 Å². The lowest BCUT2D eigenvalue weighted by molar-refractivity contribution is -0.313. The highest BCUT2D eigenvalue weighted by atomic mass is 16.7. The number of hydrogen-bond acceptors (Lipinski definition) is 7. The first-order valence-electron chi connectivity index (χ1n) is 26.5. The van der Waals surface area contributed by atoms with E-state index in [-0.39, 0.29) is 24.1 Å². The van der Waals surface area contributed by atoms with E-state index in [0.29, 0.717) is 17.8 Å². The lowest BCUT2D eigenvalue weighted by Gasteiger charge is -2.58. The summed E-state index contributed by atoms with van der Waals surface area (Å²) < 4.78 is 18.1. The Morgan fingerprint density at radius 1 is 0.738 bits per heavy atom. The molecule has 0 spiro atoms. The average molecular weight is 857 g/mol. The first-order chi connectivity index (χ1) is 29.3. The summed E-state index contributed by atoms with van der Waals surface area (Å²) in [5.41, 5.74) is 2.13. The second-order valence-corrected chi connectivity index (χ2v) is 22.4. The van der Waals surface area contributed by atoms with E-state index in [1.807, 2.05) is 0 Å². The van der Waals surface area contributed by atoms with Crippen LogP contribution in [0.1, 0.15) is 228 Å². The average Bonchev–Trinajstić information content (AvgIpc) is 3.60. The van der Waals surface area contributed by atoms with Gasteiger partial charge in [0.2, 0.25) is 0 Å². The molecule has 0 radical (unpaired) electrons. The van der Waals surface area contributed by atoms with E-state index in [9.17, 15) is 20.1 Å². The highest BCUT2D eigenvalue weighted by Crippen LogP contribution is 2.67. The molecule has 7 nitrogen and oxygen atoms in total. The zero-order chi connectivity index (χ0) is 44.0. The van der Waals surface area contributed by atoms with Crippen LogP contribution in [0.3, 0.4) is 0 Å². The Morgan fingerprint density at radius 3 is 1.95 bits per heavy atom. The summed E-state index contributed by atoms with van der Waals surface area (Å²) in [7, 11) is 0. The van der Waals surface area contributed by atoms with E-state index < -0.39 is 30.7 Å². The summed E-state index contributed by atoms with van der Waals surface area (Å²) in [5, 5.41) is 32.6. The zero-order valence-electron chi connectivity index (χ0n) is 40.6. The first-order valence-corrected chi connectivity index (χ1v) is 26.5. The molecule has 0 aromatic carbocycles. The van der Waals surface area contributed by atoms with Gasteiger partial charge in [-0.1, -0.05) is 176 Å². The van der Waals surface area contributed by atoms with Gasteiger partial charge >= 0.3 is 5.97 Å². The van der Waals surface area contributed by atoms with E-state index in [1.54, 1.807) is 0 Å². The van der Waals surface area contributed by atoms with Gasteiger partial charge in [-0.25, -0.2) is 0 Å². The van der Waals surface area contributed by atoms with E-state index in [4.69, 9.17) is 14.2 Å². The van der Waals surface area contributed by atoms with E-state index in [2.05, 4.69) is 54.5 Å². The molecule has 0 aromatic rings. The third kappa shape index (κ3) is 13.8. The quantitative estimate of drug-likeness (QED) is 0.0429. The van der Waals surface area contributed by atoms with Crippen molar-refractivity contribution in [3.05, 3.63) is 11.6 Å². The standard InChI is InChI=1S/C54H96O7/c1-8-9-10-11-12-13-14-15-16-17-18-19-20-21-22-23-24-25-48(55)59-37-47-49(56)50(57)51(58)52(61-47)60-42-32-34-53(6)41(36-42)28-29-43-45-31-30-44(54(45,7)35-33-46(43)53)40(5)27-26-39(4)38(2)3/h28,38-40,42-47,49-52,56-58H,8-27,29-37H2,1-7H3. The van der Waals surface area contributed by atoms with Crippen LogP contribution in [0.15, 0.2) is 11.6 Å². The van der Waals surface area contributed by atoms with Crippen LogP contribution in [0.25, 0.3) is 0 Å². The molecule has 7 heteroatoms. The van der Waals surface area contributed by atoms with Gasteiger partial charge < -0.3 is 29.5 Å². The number of aliphatic hydroxyl groups excluding tert-OH is 3. The number of unbranched alkanes of at least 4 members (excludes halogenated alkanes) is 16. The van der Waals surface area contributed by atoms with Gasteiger partial charge in [-0.05, 0) is 110 Å². The van der Waals surface area contributed by atoms with Gasteiger partial charge in [0.15, 0.2) is 6.29 Å². The minimum Gasteiger partial charge on any atom is -0.463 e. The van der Waals surface area contributed by atoms with Crippen LogP contribution in [0.4, 0.5) is 0 Å². The van der Waals surface area contributed by atoms with Gasteiger partial charge in [0.25, 0.3) is 0 Å². The normalized spacial score (nSPS) is 35.9. The van der Waals surface area contributed by atoms with Crippen LogP contribution in [0.5, 0.6) is 0 Å². The van der Waals surface area contributed by atoms with Gasteiger partial charge in [0.1, 0.15) is 31.0 Å². The molecule has 5 aliphatic rings. The third-order valence-electron chi connectivity index (χ3n) is 17.9. The molecule has 354 valence electrons. The van der Waals surface area contributed by atoms with Gasteiger partial charge in [0.05, 0.1) is 6.10 Å². The number of hydrogen-bond donors (Lipinski definition) is 3. The molecule has 4 fully saturated rings. The molecule has 0 bridgehead atoms. The maximum atomic E-state index is 12.6. The van der Waals surface area contributed by atoms with Crippen molar-refractivity contribution in [3.8, 4) is 0 Å². The molecule has 1 saturated heterocycles. The number of allylic oxidation sites excluding steroid dienone is 1. The molecule has 61 heavy (non-hydrogen) atoms. The van der Waals surface area contributed by atoms with Crippen molar-refractivity contribution < 1.29 is 34.3 Å². The number of carbonyl (C=O) groups excluding carboxylic acids is 1. The summed E-state index contributed by atoms with van der Waals surface area (Å²) in [4.78, 5) is 12.6. The molecule has 1 aliphatic heterocycles. The summed E-state index contributed by atoms with van der Waals surface area (Å²) in [6, 6.07) is 0. The second kappa shape index (κ2) is 25.1. The van der Waals surface area contributed by atoms with Crippen LogP contribution >= 0.6 is 0 Å². The Bertz CT molecular complexity index is 1300. The van der Waals surface area contributed by atoms with Crippen LogP contribution in [0.2, 0.25) is 0 Å². The fraction of sp³-hybridized carbons (Fsp3) is 0.944. The lowest BCUT2D eigenvalue weighted by Crippen LogP contribution is -2.60. The molecule has 0 aromatic heterocycles. The Morgan fingerprint density at radius 2 is 1.34 bits per heavy atom. The van der Waals surface area contributed by atoms with Crippen LogP contribution < -0.4 is 0 Å². The Kier molecular flexibility index (Phi) is 21.0. The number of rotatable bonds is 27. The third-order valence-corrected chi connectivity index (χ3v) is 17.9. The largest absolute Gasteiger partial charge is 0.463 e. The molecule has 0 amide bonds. The van der Waals surface area contributed by atoms with Gasteiger partial charge in [-0.15, -0.1) is 0 Å². The highest BCUT2D eigenvalue weighted by Gasteiger charge is 2.59. The maximum absolute atomic E-state index is 12.6. The first kappa shape index (κ1) is 51.0. The van der Waals surface area contributed by atoms with E-state index in [1.165, 1.54) is 134 Å². The molecular formula is C54H96O7. The van der Waals surface area contributed by atoms with E-state index in [0.717, 1.165) is 80.5 Å². The fourth-order valence-electron chi connectivity index (χ4n) is 13.4. The van der Waals surface area contributed by atoms with Crippen LogP contribution in [0, 0.1) is 52.3 Å². The Hall–Kier alpha value is -0.990. The van der Waals surface area contributed by atoms with Crippen LogP contribution in [-0.4, -0.2) is 64.7 Å². The van der Waals surface area contributed by atoms with Crippen LogP contribution in [-0.2, 0) is 19.0 Å². The molecule has 1 heterocycles. The van der Waals surface area contributed by atoms with Crippen molar-refractivity contribution in [2.75, 3.05) is 6.61 Å². The van der Waals surface area contributed by atoms with Gasteiger partial charge in [0, 0.05) is 6.42 Å². The molecule has 5 rings (SSSR count). The second-order valence-electron chi connectivity index (χ2n) is 22.4. The smallest absolute Gasteiger partial charge is 0.305 e. The Labute approximate surface area is 374 Å². The minimum atomic E-state index is -1.44. The molecular weight excluding hydrogens is 761 g/mol. The molecule has 14 atom stereocenters. The van der Waals surface area contributed by atoms with Crippen molar-refractivity contribution in [2.24, 2.45) is 52.3 Å². The number of aliphatic hydroxyl groups is 3. The predicted molar refractivity (Wildman–Crippen MR) is 249 cm³/mol. The predicted octanol–water partition coefficient (Wildman–Crippen LogP) is 13.1. The monoisotopic (exact) mass is 857 g/mol. The molecule has 3 N–H and O–H groups in total. The molecule has 3 saturated carbocycles. The molecule has 4 aliphatic carbocycles.